The number of carbonyl (C=O) groups is 1. The van der Waals surface area contributed by atoms with Crippen LogP contribution in [0.2, 0.25) is 0 Å². The molecule has 0 aliphatic carbocycles. The van der Waals surface area contributed by atoms with E-state index in [1.165, 1.54) is 0 Å². The summed E-state index contributed by atoms with van der Waals surface area (Å²) in [7, 11) is 0. The van der Waals surface area contributed by atoms with E-state index in [0.29, 0.717) is 6.54 Å². The quantitative estimate of drug-likeness (QED) is 0.800. The summed E-state index contributed by atoms with van der Waals surface area (Å²) in [6.45, 7) is 1.43. The SMILES string of the molecule is O=C(O)[C@@H]1CCCN1Cc1c(-c2cccs2)nc2ccccn12. The summed E-state index contributed by atoms with van der Waals surface area (Å²) >= 11 is 1.66. The fraction of sp³-hybridized carbons (Fsp3) is 0.294. The van der Waals surface area contributed by atoms with Crippen molar-refractivity contribution in [2.45, 2.75) is 25.4 Å². The Balaban J connectivity index is 1.79. The average Bonchev–Trinajstić information content (AvgIpc) is 3.27. The van der Waals surface area contributed by atoms with E-state index in [2.05, 4.69) is 15.4 Å². The standard InChI is InChI=1S/C17H17N3O2S/c21-17(22)12-5-3-8-19(12)11-13-16(14-6-4-10-23-14)18-15-7-1-2-9-20(13)15/h1-2,4,6-7,9-10,12H,3,5,8,11H2,(H,21,22)/t12-/m0/s1. The Morgan fingerprint density at radius 2 is 2.26 bits per heavy atom. The lowest BCUT2D eigenvalue weighted by atomic mass is 10.2. The van der Waals surface area contributed by atoms with E-state index in [1.807, 2.05) is 35.8 Å². The number of nitrogens with zero attached hydrogens (tertiary/aromatic N) is 3. The monoisotopic (exact) mass is 327 g/mol. The Morgan fingerprint density at radius 3 is 3.04 bits per heavy atom. The van der Waals surface area contributed by atoms with Crippen LogP contribution in [0.25, 0.3) is 16.2 Å². The molecule has 118 valence electrons. The van der Waals surface area contributed by atoms with Crippen LogP contribution < -0.4 is 0 Å². The summed E-state index contributed by atoms with van der Waals surface area (Å²) in [5.41, 5.74) is 2.93. The molecular formula is C17H17N3O2S. The third-order valence-corrected chi connectivity index (χ3v) is 5.26. The van der Waals surface area contributed by atoms with Crippen molar-refractivity contribution in [3.8, 4) is 10.6 Å². The summed E-state index contributed by atoms with van der Waals surface area (Å²) in [6.07, 6.45) is 3.66. The number of likely N-dealkylation sites (tertiary alicyclic amines) is 1. The fourth-order valence-electron chi connectivity index (χ4n) is 3.30. The third-order valence-electron chi connectivity index (χ3n) is 4.39. The molecule has 4 rings (SSSR count). The molecule has 1 N–H and O–H groups in total. The minimum Gasteiger partial charge on any atom is -0.480 e. The zero-order chi connectivity index (χ0) is 15.8. The van der Waals surface area contributed by atoms with Gasteiger partial charge < -0.3 is 9.51 Å². The van der Waals surface area contributed by atoms with Crippen molar-refractivity contribution in [2.75, 3.05) is 6.54 Å². The largest absolute Gasteiger partial charge is 0.480 e. The molecule has 3 aromatic heterocycles. The Kier molecular flexibility index (Phi) is 3.63. The smallest absolute Gasteiger partial charge is 0.320 e. The molecular weight excluding hydrogens is 310 g/mol. The second-order valence-electron chi connectivity index (χ2n) is 5.78. The Labute approximate surface area is 137 Å². The predicted octanol–water partition coefficient (Wildman–Crippen LogP) is 3.11. The third kappa shape index (κ3) is 2.54. The van der Waals surface area contributed by atoms with Crippen LogP contribution in [0.15, 0.2) is 41.9 Å². The Hall–Kier alpha value is -2.18. The average molecular weight is 327 g/mol. The molecule has 1 fully saturated rings. The Bertz CT molecular complexity index is 841. The molecule has 1 saturated heterocycles. The van der Waals surface area contributed by atoms with E-state index in [0.717, 1.165) is 41.3 Å². The molecule has 0 aromatic carbocycles. The normalized spacial score (nSPS) is 18.7. The number of carboxylic acids is 1. The summed E-state index contributed by atoms with van der Waals surface area (Å²) in [5.74, 6) is -0.728. The van der Waals surface area contributed by atoms with Crippen molar-refractivity contribution < 1.29 is 9.90 Å². The summed E-state index contributed by atoms with van der Waals surface area (Å²) in [6, 6.07) is 9.63. The maximum absolute atomic E-state index is 11.5. The number of hydrogen-bond acceptors (Lipinski definition) is 4. The van der Waals surface area contributed by atoms with Gasteiger partial charge in [-0.1, -0.05) is 12.1 Å². The van der Waals surface area contributed by atoms with Gasteiger partial charge in [0.25, 0.3) is 0 Å². The maximum Gasteiger partial charge on any atom is 0.320 e. The minimum absolute atomic E-state index is 0.388. The van der Waals surface area contributed by atoms with Crippen LogP contribution in [0, 0.1) is 0 Å². The van der Waals surface area contributed by atoms with E-state index in [1.54, 1.807) is 11.3 Å². The highest BCUT2D eigenvalue weighted by Gasteiger charge is 2.31. The number of rotatable bonds is 4. The highest BCUT2D eigenvalue weighted by molar-refractivity contribution is 7.13. The van der Waals surface area contributed by atoms with Crippen molar-refractivity contribution >= 4 is 23.0 Å². The van der Waals surface area contributed by atoms with Crippen LogP contribution in [0.4, 0.5) is 0 Å². The van der Waals surface area contributed by atoms with Crippen LogP contribution in [-0.2, 0) is 11.3 Å². The van der Waals surface area contributed by atoms with Crippen molar-refractivity contribution in [3.05, 3.63) is 47.6 Å². The van der Waals surface area contributed by atoms with Crippen molar-refractivity contribution in [2.24, 2.45) is 0 Å². The molecule has 5 nitrogen and oxygen atoms in total. The molecule has 0 spiro atoms. The number of aliphatic carboxylic acids is 1. The summed E-state index contributed by atoms with van der Waals surface area (Å²) in [5, 5.41) is 11.5. The van der Waals surface area contributed by atoms with Gasteiger partial charge in [0, 0.05) is 12.7 Å². The van der Waals surface area contributed by atoms with Crippen LogP contribution >= 0.6 is 11.3 Å². The van der Waals surface area contributed by atoms with Gasteiger partial charge in [-0.05, 0) is 43.0 Å². The molecule has 4 heterocycles. The topological polar surface area (TPSA) is 57.8 Å². The lowest BCUT2D eigenvalue weighted by Crippen LogP contribution is -2.35. The first-order valence-corrected chi connectivity index (χ1v) is 8.58. The first kappa shape index (κ1) is 14.4. The number of hydrogen-bond donors (Lipinski definition) is 1. The first-order valence-electron chi connectivity index (χ1n) is 7.71. The van der Waals surface area contributed by atoms with E-state index < -0.39 is 5.97 Å². The number of aromatic nitrogens is 2. The molecule has 1 aliphatic heterocycles. The molecule has 3 aromatic rings. The van der Waals surface area contributed by atoms with Crippen molar-refractivity contribution in [1.29, 1.82) is 0 Å². The minimum atomic E-state index is -0.728. The van der Waals surface area contributed by atoms with Gasteiger partial charge in [0.05, 0.1) is 10.6 Å². The van der Waals surface area contributed by atoms with Gasteiger partial charge in [-0.15, -0.1) is 11.3 Å². The molecule has 0 unspecified atom stereocenters. The molecule has 0 radical (unpaired) electrons. The number of pyridine rings is 1. The molecule has 1 atom stereocenters. The van der Waals surface area contributed by atoms with Crippen LogP contribution in [0.1, 0.15) is 18.5 Å². The van der Waals surface area contributed by atoms with Gasteiger partial charge in [-0.2, -0.15) is 0 Å². The van der Waals surface area contributed by atoms with Crippen LogP contribution in [0.3, 0.4) is 0 Å². The predicted molar refractivity (Wildman–Crippen MR) is 89.6 cm³/mol. The van der Waals surface area contributed by atoms with E-state index in [9.17, 15) is 9.90 Å². The molecule has 23 heavy (non-hydrogen) atoms. The Morgan fingerprint density at radius 1 is 1.35 bits per heavy atom. The number of carboxylic acid groups (broad SMARTS) is 1. The summed E-state index contributed by atoms with van der Waals surface area (Å²) in [4.78, 5) is 19.4. The van der Waals surface area contributed by atoms with Gasteiger partial charge in [0.1, 0.15) is 17.4 Å². The highest BCUT2D eigenvalue weighted by atomic mass is 32.1. The van der Waals surface area contributed by atoms with Gasteiger partial charge in [0.15, 0.2) is 0 Å². The van der Waals surface area contributed by atoms with Gasteiger partial charge in [0.2, 0.25) is 0 Å². The number of fused-ring (bicyclic) bond motifs is 1. The summed E-state index contributed by atoms with van der Waals surface area (Å²) < 4.78 is 2.08. The van der Waals surface area contributed by atoms with Crippen molar-refractivity contribution in [1.82, 2.24) is 14.3 Å². The molecule has 0 saturated carbocycles. The van der Waals surface area contributed by atoms with Crippen molar-refractivity contribution in [3.63, 3.8) is 0 Å². The first-order chi connectivity index (χ1) is 11.2. The van der Waals surface area contributed by atoms with Gasteiger partial charge >= 0.3 is 5.97 Å². The van der Waals surface area contributed by atoms with Crippen LogP contribution in [-0.4, -0.2) is 37.9 Å². The van der Waals surface area contributed by atoms with E-state index in [4.69, 9.17) is 4.98 Å². The molecule has 1 aliphatic rings. The van der Waals surface area contributed by atoms with E-state index >= 15 is 0 Å². The van der Waals surface area contributed by atoms with Gasteiger partial charge in [-0.3, -0.25) is 9.69 Å². The second-order valence-corrected chi connectivity index (χ2v) is 6.73. The maximum atomic E-state index is 11.5. The number of imidazole rings is 1. The zero-order valence-corrected chi connectivity index (χ0v) is 13.4. The zero-order valence-electron chi connectivity index (χ0n) is 12.6. The van der Waals surface area contributed by atoms with Gasteiger partial charge in [-0.25, -0.2) is 4.98 Å². The lowest BCUT2D eigenvalue weighted by molar-refractivity contribution is -0.142. The fourth-order valence-corrected chi connectivity index (χ4v) is 4.03. The second kappa shape index (κ2) is 5.79. The number of thiophene rings is 1. The molecule has 0 amide bonds. The molecule has 6 heteroatoms. The lowest BCUT2D eigenvalue weighted by Gasteiger charge is -2.21. The van der Waals surface area contributed by atoms with E-state index in [-0.39, 0.29) is 6.04 Å². The highest BCUT2D eigenvalue weighted by Crippen LogP contribution is 2.31. The van der Waals surface area contributed by atoms with Crippen LogP contribution in [0.5, 0.6) is 0 Å². The molecule has 0 bridgehead atoms.